The maximum atomic E-state index is 12.7. The van der Waals surface area contributed by atoms with Crippen molar-refractivity contribution in [2.45, 2.75) is 6.92 Å². The van der Waals surface area contributed by atoms with Crippen molar-refractivity contribution >= 4 is 6.08 Å². The van der Waals surface area contributed by atoms with Gasteiger partial charge in [0.25, 0.3) is 0 Å². The molecule has 63 valence electrons. The van der Waals surface area contributed by atoms with Gasteiger partial charge in [0.2, 0.25) is 0 Å². The minimum atomic E-state index is -0.240. The maximum Gasteiger partial charge on any atom is 0.126 e. The van der Waals surface area contributed by atoms with Crippen LogP contribution in [0.1, 0.15) is 11.1 Å². The summed E-state index contributed by atoms with van der Waals surface area (Å²) in [6, 6.07) is 4.76. The van der Waals surface area contributed by atoms with Crippen molar-refractivity contribution in [2.75, 3.05) is 6.61 Å². The van der Waals surface area contributed by atoms with Gasteiger partial charge in [-0.15, -0.1) is 0 Å². The number of benzene rings is 1. The van der Waals surface area contributed by atoms with E-state index in [9.17, 15) is 9.50 Å². The molecule has 0 spiro atoms. The minimum absolute atomic E-state index is 0.214. The van der Waals surface area contributed by atoms with Gasteiger partial charge in [0.15, 0.2) is 0 Å². The smallest absolute Gasteiger partial charge is 0.126 e. The van der Waals surface area contributed by atoms with Crippen molar-refractivity contribution in [1.82, 2.24) is 0 Å². The third-order valence-electron chi connectivity index (χ3n) is 1.59. The molecule has 1 rings (SSSR count). The molecule has 1 aromatic carbocycles. The van der Waals surface area contributed by atoms with Crippen LogP contribution in [0.3, 0.4) is 0 Å². The number of hydrogen-bond donors (Lipinski definition) is 0. The molecule has 0 atom stereocenters. The second kappa shape index (κ2) is 4.02. The Labute approximate surface area is 71.2 Å². The molecule has 0 fully saturated rings. The fraction of sp³-hybridized carbons (Fsp3) is 0.200. The average molecular weight is 165 g/mol. The highest BCUT2D eigenvalue weighted by atomic mass is 19.1. The summed E-state index contributed by atoms with van der Waals surface area (Å²) < 4.78 is 12.7. The maximum absolute atomic E-state index is 12.7. The SMILES string of the molecule is Cc1cc(/C=C/C[O])ccc1F. The predicted molar refractivity (Wildman–Crippen MR) is 45.7 cm³/mol. The van der Waals surface area contributed by atoms with Gasteiger partial charge >= 0.3 is 0 Å². The van der Waals surface area contributed by atoms with Crippen LogP contribution in [0.4, 0.5) is 4.39 Å². The second-order valence-electron chi connectivity index (χ2n) is 2.58. The summed E-state index contributed by atoms with van der Waals surface area (Å²) in [5, 5.41) is 10.1. The highest BCUT2D eigenvalue weighted by Crippen LogP contribution is 2.10. The standard InChI is InChI=1S/C10H10FO/c1-8-7-9(3-2-6-12)4-5-10(8)11/h2-5,7H,6H2,1H3/b3-2+. The molecular formula is C10H10FO. The molecule has 0 N–H and O–H groups in total. The number of hydrogen-bond acceptors (Lipinski definition) is 0. The van der Waals surface area contributed by atoms with Crippen LogP contribution in [0.5, 0.6) is 0 Å². The van der Waals surface area contributed by atoms with Crippen molar-refractivity contribution in [1.29, 1.82) is 0 Å². The molecule has 1 nitrogen and oxygen atoms in total. The normalized spacial score (nSPS) is 10.9. The first-order valence-electron chi connectivity index (χ1n) is 3.75. The Morgan fingerprint density at radius 3 is 2.83 bits per heavy atom. The lowest BCUT2D eigenvalue weighted by Gasteiger charge is -1.97. The molecule has 0 aliphatic heterocycles. The van der Waals surface area contributed by atoms with E-state index in [1.165, 1.54) is 12.1 Å². The first-order chi connectivity index (χ1) is 5.74. The van der Waals surface area contributed by atoms with Gasteiger partial charge in [0, 0.05) is 0 Å². The van der Waals surface area contributed by atoms with E-state index < -0.39 is 0 Å². The van der Waals surface area contributed by atoms with E-state index in [4.69, 9.17) is 0 Å². The van der Waals surface area contributed by atoms with Gasteiger partial charge in [0.05, 0.1) is 0 Å². The van der Waals surface area contributed by atoms with Crippen molar-refractivity contribution in [3.63, 3.8) is 0 Å². The lowest BCUT2D eigenvalue weighted by atomic mass is 10.1. The van der Waals surface area contributed by atoms with Gasteiger partial charge in [-0.1, -0.05) is 18.2 Å². The van der Waals surface area contributed by atoms with Crippen molar-refractivity contribution in [3.05, 3.63) is 41.2 Å². The zero-order valence-electron chi connectivity index (χ0n) is 6.88. The Morgan fingerprint density at radius 1 is 1.50 bits per heavy atom. The van der Waals surface area contributed by atoms with E-state index >= 15 is 0 Å². The number of rotatable bonds is 2. The van der Waals surface area contributed by atoms with Gasteiger partial charge in [0.1, 0.15) is 12.4 Å². The molecule has 0 saturated heterocycles. The monoisotopic (exact) mass is 165 g/mol. The van der Waals surface area contributed by atoms with E-state index in [1.807, 2.05) is 0 Å². The van der Waals surface area contributed by atoms with Gasteiger partial charge in [-0.2, -0.15) is 0 Å². The quantitative estimate of drug-likeness (QED) is 0.641. The largest absolute Gasteiger partial charge is 0.232 e. The molecule has 0 heterocycles. The van der Waals surface area contributed by atoms with Crippen LogP contribution in [0.2, 0.25) is 0 Å². The van der Waals surface area contributed by atoms with Crippen molar-refractivity contribution < 1.29 is 9.50 Å². The molecule has 1 aromatic rings. The third-order valence-corrected chi connectivity index (χ3v) is 1.59. The Bertz CT molecular complexity index is 292. The summed E-state index contributed by atoms with van der Waals surface area (Å²) in [4.78, 5) is 0. The molecule has 0 saturated carbocycles. The van der Waals surface area contributed by atoms with E-state index in [0.29, 0.717) is 5.56 Å². The van der Waals surface area contributed by atoms with Crippen LogP contribution < -0.4 is 0 Å². The van der Waals surface area contributed by atoms with Crippen LogP contribution in [0.25, 0.3) is 6.08 Å². The summed E-state index contributed by atoms with van der Waals surface area (Å²) in [6.45, 7) is 1.46. The van der Waals surface area contributed by atoms with Crippen LogP contribution in [-0.4, -0.2) is 6.61 Å². The van der Waals surface area contributed by atoms with Crippen molar-refractivity contribution in [2.24, 2.45) is 0 Å². The Morgan fingerprint density at radius 2 is 2.25 bits per heavy atom. The summed E-state index contributed by atoms with van der Waals surface area (Å²) in [6.07, 6.45) is 3.20. The number of aryl methyl sites for hydroxylation is 1. The molecule has 0 bridgehead atoms. The van der Waals surface area contributed by atoms with Crippen LogP contribution >= 0.6 is 0 Å². The molecule has 0 aromatic heterocycles. The Balaban J connectivity index is 2.89. The van der Waals surface area contributed by atoms with Gasteiger partial charge in [-0.05, 0) is 30.2 Å². The zero-order chi connectivity index (χ0) is 8.97. The zero-order valence-corrected chi connectivity index (χ0v) is 6.88. The van der Waals surface area contributed by atoms with E-state index in [0.717, 1.165) is 5.56 Å². The first-order valence-corrected chi connectivity index (χ1v) is 3.75. The average Bonchev–Trinajstić information content (AvgIpc) is 2.07. The fourth-order valence-electron chi connectivity index (χ4n) is 0.956. The highest BCUT2D eigenvalue weighted by molar-refractivity contribution is 5.50. The Kier molecular flexibility index (Phi) is 3.00. The van der Waals surface area contributed by atoms with E-state index in [2.05, 4.69) is 0 Å². The predicted octanol–water partition coefficient (Wildman–Crippen LogP) is 2.58. The Hall–Kier alpha value is -1.15. The van der Waals surface area contributed by atoms with Gasteiger partial charge in [-0.25, -0.2) is 9.50 Å². The molecular weight excluding hydrogens is 155 g/mol. The molecule has 0 amide bonds. The van der Waals surface area contributed by atoms with Gasteiger partial charge < -0.3 is 0 Å². The lowest BCUT2D eigenvalue weighted by molar-refractivity contribution is 0.233. The first kappa shape index (κ1) is 8.94. The minimum Gasteiger partial charge on any atom is -0.232 e. The van der Waals surface area contributed by atoms with Gasteiger partial charge in [-0.3, -0.25) is 0 Å². The van der Waals surface area contributed by atoms with Crippen LogP contribution in [0, 0.1) is 12.7 Å². The summed E-state index contributed by atoms with van der Waals surface area (Å²) in [7, 11) is 0. The topological polar surface area (TPSA) is 19.9 Å². The highest BCUT2D eigenvalue weighted by Gasteiger charge is 1.95. The van der Waals surface area contributed by atoms with E-state index in [1.54, 1.807) is 25.1 Å². The second-order valence-corrected chi connectivity index (χ2v) is 2.58. The molecule has 2 heteroatoms. The molecule has 0 unspecified atom stereocenters. The fourth-order valence-corrected chi connectivity index (χ4v) is 0.956. The molecule has 12 heavy (non-hydrogen) atoms. The van der Waals surface area contributed by atoms with E-state index in [-0.39, 0.29) is 12.4 Å². The van der Waals surface area contributed by atoms with Crippen LogP contribution in [0.15, 0.2) is 24.3 Å². The van der Waals surface area contributed by atoms with Crippen LogP contribution in [-0.2, 0) is 5.11 Å². The summed E-state index contributed by atoms with van der Waals surface area (Å²) in [5.41, 5.74) is 1.47. The molecule has 0 aliphatic rings. The molecule has 1 radical (unpaired) electrons. The summed E-state index contributed by atoms with van der Waals surface area (Å²) >= 11 is 0. The van der Waals surface area contributed by atoms with Crippen molar-refractivity contribution in [3.8, 4) is 0 Å². The third kappa shape index (κ3) is 2.17. The summed E-state index contributed by atoms with van der Waals surface area (Å²) in [5.74, 6) is -0.214. The lowest BCUT2D eigenvalue weighted by Crippen LogP contribution is -1.82. The molecule has 0 aliphatic carbocycles. The number of halogens is 1.